The molecule has 1 aromatic heterocycles. The van der Waals surface area contributed by atoms with Gasteiger partial charge in [-0.25, -0.2) is 4.98 Å². The Balaban J connectivity index is 2.17. The predicted octanol–water partition coefficient (Wildman–Crippen LogP) is 3.23. The van der Waals surface area contributed by atoms with Crippen molar-refractivity contribution in [1.29, 1.82) is 0 Å². The molecular weight excluding hydrogens is 290 g/mol. The quantitative estimate of drug-likeness (QED) is 0.860. The minimum atomic E-state index is -0.712. The molecule has 1 heterocycles. The fraction of sp³-hybridized carbons (Fsp3) is 0.444. The van der Waals surface area contributed by atoms with Gasteiger partial charge < -0.3 is 15.0 Å². The van der Waals surface area contributed by atoms with Crippen LogP contribution in [0, 0.1) is 19.3 Å². The van der Waals surface area contributed by atoms with Crippen LogP contribution in [-0.2, 0) is 4.79 Å². The third-order valence-electron chi connectivity index (χ3n) is 4.79. The standard InChI is InChI=1S/C18H25N3O2/c1-5-18(6-2,11-22)17(23)20-15-7-9-16(10-8-15)21-12-19-13(3)14(21)4/h7-10,12,22H,5-6,11H2,1-4H3,(H,20,23). The van der Waals surface area contributed by atoms with E-state index in [1.165, 1.54) is 0 Å². The average Bonchev–Trinajstić information content (AvgIpc) is 2.90. The highest BCUT2D eigenvalue weighted by atomic mass is 16.3. The molecule has 2 aromatic rings. The Hall–Kier alpha value is -2.14. The van der Waals surface area contributed by atoms with Gasteiger partial charge in [0.25, 0.3) is 0 Å². The molecule has 1 aromatic carbocycles. The van der Waals surface area contributed by atoms with Crippen molar-refractivity contribution in [2.45, 2.75) is 40.5 Å². The molecular formula is C18H25N3O2. The van der Waals surface area contributed by atoms with E-state index in [2.05, 4.69) is 10.3 Å². The summed E-state index contributed by atoms with van der Waals surface area (Å²) in [6.45, 7) is 7.71. The van der Waals surface area contributed by atoms with E-state index < -0.39 is 5.41 Å². The highest BCUT2D eigenvalue weighted by Gasteiger charge is 2.34. The van der Waals surface area contributed by atoms with E-state index in [0.29, 0.717) is 12.8 Å². The van der Waals surface area contributed by atoms with Crippen molar-refractivity contribution in [2.75, 3.05) is 11.9 Å². The Bertz CT molecular complexity index is 662. The minimum Gasteiger partial charge on any atom is -0.395 e. The van der Waals surface area contributed by atoms with Crippen LogP contribution in [0.15, 0.2) is 30.6 Å². The summed E-state index contributed by atoms with van der Waals surface area (Å²) in [4.78, 5) is 16.7. The third kappa shape index (κ3) is 3.29. The molecule has 0 spiro atoms. The number of hydrogen-bond donors (Lipinski definition) is 2. The summed E-state index contributed by atoms with van der Waals surface area (Å²) in [6, 6.07) is 7.63. The maximum absolute atomic E-state index is 12.5. The van der Waals surface area contributed by atoms with Gasteiger partial charge in [-0.15, -0.1) is 0 Å². The number of aliphatic hydroxyl groups is 1. The van der Waals surface area contributed by atoms with Crippen molar-refractivity contribution in [3.05, 3.63) is 42.0 Å². The topological polar surface area (TPSA) is 67.2 Å². The van der Waals surface area contributed by atoms with Gasteiger partial charge in [-0.3, -0.25) is 4.79 Å². The molecule has 0 aliphatic rings. The molecule has 5 nitrogen and oxygen atoms in total. The summed E-state index contributed by atoms with van der Waals surface area (Å²) in [7, 11) is 0. The first-order valence-corrected chi connectivity index (χ1v) is 8.00. The second kappa shape index (κ2) is 6.96. The fourth-order valence-corrected chi connectivity index (χ4v) is 2.59. The number of benzene rings is 1. The minimum absolute atomic E-state index is 0.132. The number of rotatable bonds is 6. The van der Waals surface area contributed by atoms with Crippen LogP contribution in [0.3, 0.4) is 0 Å². The molecule has 0 bridgehead atoms. The lowest BCUT2D eigenvalue weighted by molar-refractivity contribution is -0.128. The first kappa shape index (κ1) is 17.2. The molecule has 0 unspecified atom stereocenters. The van der Waals surface area contributed by atoms with Crippen LogP contribution >= 0.6 is 0 Å². The van der Waals surface area contributed by atoms with Gasteiger partial charge >= 0.3 is 0 Å². The predicted molar refractivity (Wildman–Crippen MR) is 91.8 cm³/mol. The fourth-order valence-electron chi connectivity index (χ4n) is 2.59. The second-order valence-corrected chi connectivity index (χ2v) is 5.93. The number of carbonyl (C=O) groups is 1. The van der Waals surface area contributed by atoms with Crippen molar-refractivity contribution in [3.63, 3.8) is 0 Å². The number of aryl methyl sites for hydroxylation is 1. The number of nitrogens with one attached hydrogen (secondary N) is 1. The summed E-state index contributed by atoms with van der Waals surface area (Å²) in [5.74, 6) is -0.132. The van der Waals surface area contributed by atoms with Crippen molar-refractivity contribution >= 4 is 11.6 Å². The zero-order valence-electron chi connectivity index (χ0n) is 14.3. The molecule has 2 N–H and O–H groups in total. The maximum Gasteiger partial charge on any atom is 0.232 e. The molecule has 0 radical (unpaired) electrons. The number of anilines is 1. The van der Waals surface area contributed by atoms with E-state index in [1.54, 1.807) is 6.33 Å². The Kier molecular flexibility index (Phi) is 5.21. The summed E-state index contributed by atoms with van der Waals surface area (Å²) >= 11 is 0. The SMILES string of the molecule is CCC(CC)(CO)C(=O)Nc1ccc(-n2cnc(C)c2C)cc1. The highest BCUT2D eigenvalue weighted by molar-refractivity contribution is 5.95. The molecule has 0 fully saturated rings. The zero-order chi connectivity index (χ0) is 17.0. The van der Waals surface area contributed by atoms with Gasteiger partial charge in [0.1, 0.15) is 0 Å². The van der Waals surface area contributed by atoms with E-state index in [9.17, 15) is 9.90 Å². The summed E-state index contributed by atoms with van der Waals surface area (Å²) < 4.78 is 2.01. The van der Waals surface area contributed by atoms with E-state index >= 15 is 0 Å². The van der Waals surface area contributed by atoms with Crippen LogP contribution in [0.4, 0.5) is 5.69 Å². The van der Waals surface area contributed by atoms with Crippen LogP contribution in [0.2, 0.25) is 0 Å². The van der Waals surface area contributed by atoms with Gasteiger partial charge in [-0.2, -0.15) is 0 Å². The van der Waals surface area contributed by atoms with Crippen molar-refractivity contribution in [3.8, 4) is 5.69 Å². The molecule has 0 aliphatic heterocycles. The number of nitrogens with zero attached hydrogens (tertiary/aromatic N) is 2. The normalized spacial score (nSPS) is 11.5. The van der Waals surface area contributed by atoms with Gasteiger partial charge in [-0.1, -0.05) is 13.8 Å². The molecule has 0 atom stereocenters. The first-order valence-electron chi connectivity index (χ1n) is 8.00. The molecule has 1 amide bonds. The van der Waals surface area contributed by atoms with E-state index in [0.717, 1.165) is 22.8 Å². The average molecular weight is 315 g/mol. The molecule has 0 aliphatic carbocycles. The van der Waals surface area contributed by atoms with E-state index in [4.69, 9.17) is 0 Å². The van der Waals surface area contributed by atoms with Crippen LogP contribution in [0.25, 0.3) is 5.69 Å². The Morgan fingerprint density at radius 2 is 1.83 bits per heavy atom. The van der Waals surface area contributed by atoms with Crippen LogP contribution in [0.5, 0.6) is 0 Å². The third-order valence-corrected chi connectivity index (χ3v) is 4.79. The van der Waals surface area contributed by atoms with Crippen molar-refractivity contribution in [1.82, 2.24) is 9.55 Å². The van der Waals surface area contributed by atoms with Gasteiger partial charge in [-0.05, 0) is 51.0 Å². The zero-order valence-corrected chi connectivity index (χ0v) is 14.3. The smallest absolute Gasteiger partial charge is 0.232 e. The number of amides is 1. The maximum atomic E-state index is 12.5. The number of carbonyl (C=O) groups excluding carboxylic acids is 1. The van der Waals surface area contributed by atoms with E-state index in [-0.39, 0.29) is 12.5 Å². The Morgan fingerprint density at radius 1 is 1.22 bits per heavy atom. The largest absolute Gasteiger partial charge is 0.395 e. The lowest BCUT2D eigenvalue weighted by atomic mass is 9.82. The number of hydrogen-bond acceptors (Lipinski definition) is 3. The lowest BCUT2D eigenvalue weighted by Crippen LogP contribution is -2.38. The molecule has 124 valence electrons. The summed E-state index contributed by atoms with van der Waals surface area (Å²) in [5.41, 5.74) is 3.11. The van der Waals surface area contributed by atoms with Crippen molar-refractivity contribution < 1.29 is 9.90 Å². The molecule has 0 saturated heterocycles. The first-order chi connectivity index (χ1) is 11.0. The van der Waals surface area contributed by atoms with E-state index in [1.807, 2.05) is 56.5 Å². The molecule has 5 heteroatoms. The Labute approximate surface area is 137 Å². The van der Waals surface area contributed by atoms with Crippen LogP contribution in [0.1, 0.15) is 38.1 Å². The molecule has 0 saturated carbocycles. The lowest BCUT2D eigenvalue weighted by Gasteiger charge is -2.27. The van der Waals surface area contributed by atoms with Crippen LogP contribution in [-0.4, -0.2) is 27.2 Å². The molecule has 2 rings (SSSR count). The highest BCUT2D eigenvalue weighted by Crippen LogP contribution is 2.28. The number of aliphatic hydroxyl groups excluding tert-OH is 1. The monoisotopic (exact) mass is 315 g/mol. The summed E-state index contributed by atoms with van der Waals surface area (Å²) in [6.07, 6.45) is 3.01. The van der Waals surface area contributed by atoms with Crippen LogP contribution < -0.4 is 5.32 Å². The molecule has 23 heavy (non-hydrogen) atoms. The van der Waals surface area contributed by atoms with Gasteiger partial charge in [0.2, 0.25) is 5.91 Å². The van der Waals surface area contributed by atoms with Gasteiger partial charge in [0, 0.05) is 17.1 Å². The summed E-state index contributed by atoms with van der Waals surface area (Å²) in [5, 5.41) is 12.5. The number of imidazole rings is 1. The van der Waals surface area contributed by atoms with Crippen molar-refractivity contribution in [2.24, 2.45) is 5.41 Å². The Morgan fingerprint density at radius 3 is 2.26 bits per heavy atom. The number of aromatic nitrogens is 2. The van der Waals surface area contributed by atoms with Gasteiger partial charge in [0.15, 0.2) is 0 Å². The second-order valence-electron chi connectivity index (χ2n) is 5.93. The van der Waals surface area contributed by atoms with Gasteiger partial charge in [0.05, 0.1) is 24.0 Å².